The van der Waals surface area contributed by atoms with Gasteiger partial charge in [-0.05, 0) is 42.9 Å². The van der Waals surface area contributed by atoms with Crippen molar-refractivity contribution < 1.29 is 19.4 Å². The number of rotatable bonds is 14. The molecule has 1 amide bonds. The normalized spacial score (nSPS) is 11.5. The number of carbonyl (C=O) groups is 1. The monoisotopic (exact) mass is 401 g/mol. The van der Waals surface area contributed by atoms with Gasteiger partial charge in [0.1, 0.15) is 0 Å². The summed E-state index contributed by atoms with van der Waals surface area (Å²) in [6.45, 7) is 3.38. The Morgan fingerprint density at radius 2 is 1.89 bits per heavy atom. The Morgan fingerprint density at radius 1 is 1.15 bits per heavy atom. The molecule has 1 unspecified atom stereocenters. The van der Waals surface area contributed by atoms with Crippen LogP contribution in [0.4, 0.5) is 0 Å². The van der Waals surface area contributed by atoms with Crippen LogP contribution < -0.4 is 10.1 Å². The summed E-state index contributed by atoms with van der Waals surface area (Å²) in [7, 11) is 3.35. The molecule has 0 saturated carbocycles. The van der Waals surface area contributed by atoms with E-state index in [0.29, 0.717) is 31.3 Å². The lowest BCUT2D eigenvalue weighted by molar-refractivity contribution is -0.120. The Kier molecular flexibility index (Phi) is 14.7. The van der Waals surface area contributed by atoms with Gasteiger partial charge in [0.2, 0.25) is 5.91 Å². The molecule has 0 bridgehead atoms. The van der Waals surface area contributed by atoms with Gasteiger partial charge < -0.3 is 19.9 Å². The van der Waals surface area contributed by atoms with Crippen molar-refractivity contribution >= 4 is 18.3 Å². The molecule has 1 rings (SSSR count). The predicted octanol–water partition coefficient (Wildman–Crippen LogP) is 4.81. The van der Waals surface area contributed by atoms with Crippen LogP contribution >= 0.6 is 12.4 Å². The second-order valence-electron chi connectivity index (χ2n) is 6.65. The Bertz CT molecular complexity index is 525. The number of nitrogens with one attached hydrogen (secondary N) is 1. The molecule has 27 heavy (non-hydrogen) atoms. The third kappa shape index (κ3) is 10.5. The predicted molar refractivity (Wildman–Crippen MR) is 112 cm³/mol. The van der Waals surface area contributed by atoms with Crippen LogP contribution in [0.15, 0.2) is 18.2 Å². The standard InChI is InChI=1S/C21H35NO4.ClH/c1-4-17(10-7-5-6-8-11-21(24)22-2)18-12-13-19(23)20(16-18)26-15-9-14-25-3;/h12-13,16-17,23H,4-11,14-15H2,1-3H3,(H,22,24);1H. The molecule has 0 fully saturated rings. The topological polar surface area (TPSA) is 67.8 Å². The van der Waals surface area contributed by atoms with E-state index in [1.165, 1.54) is 5.56 Å². The van der Waals surface area contributed by atoms with Crippen LogP contribution in [-0.2, 0) is 9.53 Å². The van der Waals surface area contributed by atoms with Gasteiger partial charge in [-0.1, -0.05) is 32.3 Å². The molecule has 0 aliphatic carbocycles. The van der Waals surface area contributed by atoms with Crippen LogP contribution in [0.1, 0.15) is 69.8 Å². The number of phenols is 1. The average Bonchev–Trinajstić information content (AvgIpc) is 2.66. The number of methoxy groups -OCH3 is 1. The van der Waals surface area contributed by atoms with Crippen LogP contribution in [-0.4, -0.2) is 38.4 Å². The number of halogens is 1. The van der Waals surface area contributed by atoms with E-state index in [-0.39, 0.29) is 24.1 Å². The average molecular weight is 402 g/mol. The molecule has 2 N–H and O–H groups in total. The van der Waals surface area contributed by atoms with Crippen LogP contribution in [0.25, 0.3) is 0 Å². The minimum Gasteiger partial charge on any atom is -0.504 e. The van der Waals surface area contributed by atoms with Crippen molar-refractivity contribution in [2.24, 2.45) is 0 Å². The van der Waals surface area contributed by atoms with Gasteiger partial charge in [-0.2, -0.15) is 0 Å². The first-order chi connectivity index (χ1) is 12.6. The lowest BCUT2D eigenvalue weighted by Gasteiger charge is -2.17. The van der Waals surface area contributed by atoms with Crippen LogP contribution in [0.5, 0.6) is 11.5 Å². The van der Waals surface area contributed by atoms with E-state index in [0.717, 1.165) is 44.9 Å². The number of amides is 1. The number of aromatic hydroxyl groups is 1. The number of phenolic OH excluding ortho intramolecular Hbond substituents is 1. The Labute approximate surface area is 170 Å². The first-order valence-electron chi connectivity index (χ1n) is 9.77. The number of hydrogen-bond donors (Lipinski definition) is 2. The van der Waals surface area contributed by atoms with Crippen molar-refractivity contribution in [2.75, 3.05) is 27.4 Å². The zero-order valence-corrected chi connectivity index (χ0v) is 17.8. The maximum Gasteiger partial charge on any atom is 0.219 e. The van der Waals surface area contributed by atoms with Gasteiger partial charge in [0, 0.05) is 33.6 Å². The largest absolute Gasteiger partial charge is 0.504 e. The quantitative estimate of drug-likeness (QED) is 0.439. The van der Waals surface area contributed by atoms with E-state index >= 15 is 0 Å². The lowest BCUT2D eigenvalue weighted by Crippen LogP contribution is -2.16. The Balaban J connectivity index is 0.00000676. The number of hydrogen-bond acceptors (Lipinski definition) is 4. The van der Waals surface area contributed by atoms with Gasteiger partial charge in [0.15, 0.2) is 11.5 Å². The fourth-order valence-corrected chi connectivity index (χ4v) is 3.05. The summed E-state index contributed by atoms with van der Waals surface area (Å²) >= 11 is 0. The van der Waals surface area contributed by atoms with Crippen molar-refractivity contribution in [2.45, 2.75) is 64.2 Å². The highest BCUT2D eigenvalue weighted by molar-refractivity contribution is 5.85. The van der Waals surface area contributed by atoms with Gasteiger partial charge in [0.25, 0.3) is 0 Å². The van der Waals surface area contributed by atoms with Crippen LogP contribution in [0.3, 0.4) is 0 Å². The minimum absolute atomic E-state index is 0. The van der Waals surface area contributed by atoms with E-state index in [4.69, 9.17) is 9.47 Å². The van der Waals surface area contributed by atoms with E-state index in [1.54, 1.807) is 20.2 Å². The van der Waals surface area contributed by atoms with Gasteiger partial charge in [-0.25, -0.2) is 0 Å². The molecule has 0 aliphatic heterocycles. The maximum absolute atomic E-state index is 11.2. The van der Waals surface area contributed by atoms with Gasteiger partial charge in [-0.15, -0.1) is 12.4 Å². The third-order valence-electron chi connectivity index (χ3n) is 4.68. The molecule has 1 aromatic carbocycles. The van der Waals surface area contributed by atoms with Crippen molar-refractivity contribution in [3.8, 4) is 11.5 Å². The molecule has 0 aliphatic rings. The molecule has 0 spiro atoms. The molecule has 6 heteroatoms. The van der Waals surface area contributed by atoms with E-state index in [1.807, 2.05) is 12.1 Å². The van der Waals surface area contributed by atoms with Crippen LogP contribution in [0.2, 0.25) is 0 Å². The first-order valence-corrected chi connectivity index (χ1v) is 9.77. The molecule has 0 heterocycles. The second-order valence-corrected chi connectivity index (χ2v) is 6.65. The fraction of sp³-hybridized carbons (Fsp3) is 0.667. The fourth-order valence-electron chi connectivity index (χ4n) is 3.05. The molecule has 1 aromatic rings. The molecule has 0 saturated heterocycles. The molecule has 0 aromatic heterocycles. The van der Waals surface area contributed by atoms with E-state index in [9.17, 15) is 9.90 Å². The van der Waals surface area contributed by atoms with E-state index < -0.39 is 0 Å². The van der Waals surface area contributed by atoms with Crippen molar-refractivity contribution in [1.29, 1.82) is 0 Å². The molecule has 156 valence electrons. The van der Waals surface area contributed by atoms with Crippen molar-refractivity contribution in [1.82, 2.24) is 5.32 Å². The molecule has 1 atom stereocenters. The Morgan fingerprint density at radius 3 is 2.56 bits per heavy atom. The van der Waals surface area contributed by atoms with E-state index in [2.05, 4.69) is 12.2 Å². The van der Waals surface area contributed by atoms with Crippen LogP contribution in [0, 0.1) is 0 Å². The van der Waals surface area contributed by atoms with Gasteiger partial charge in [0.05, 0.1) is 6.61 Å². The highest BCUT2D eigenvalue weighted by Gasteiger charge is 2.12. The summed E-state index contributed by atoms with van der Waals surface area (Å²) in [5, 5.41) is 12.7. The smallest absolute Gasteiger partial charge is 0.219 e. The molecule has 5 nitrogen and oxygen atoms in total. The first kappa shape index (κ1) is 25.5. The summed E-state index contributed by atoms with van der Waals surface area (Å²) in [4.78, 5) is 11.2. The highest BCUT2D eigenvalue weighted by Crippen LogP contribution is 2.33. The summed E-state index contributed by atoms with van der Waals surface area (Å²) in [5.41, 5.74) is 1.22. The molecular formula is C21H36ClNO4. The second kappa shape index (κ2) is 15.6. The number of benzene rings is 1. The van der Waals surface area contributed by atoms with Gasteiger partial charge >= 0.3 is 0 Å². The minimum atomic E-state index is 0. The zero-order chi connectivity index (χ0) is 19.2. The summed E-state index contributed by atoms with van der Waals surface area (Å²) < 4.78 is 10.7. The molecular weight excluding hydrogens is 366 g/mol. The Hall–Kier alpha value is -1.46. The number of carbonyl (C=O) groups excluding carboxylic acids is 1. The third-order valence-corrected chi connectivity index (χ3v) is 4.68. The van der Waals surface area contributed by atoms with Crippen molar-refractivity contribution in [3.63, 3.8) is 0 Å². The SMILES string of the molecule is CCC(CCCCCCC(=O)NC)c1ccc(O)c(OCCCOC)c1.Cl. The number of ether oxygens (including phenoxy) is 2. The zero-order valence-electron chi connectivity index (χ0n) is 17.0. The van der Waals surface area contributed by atoms with Crippen molar-refractivity contribution in [3.05, 3.63) is 23.8 Å². The summed E-state index contributed by atoms with van der Waals surface area (Å²) in [6.07, 6.45) is 7.94. The maximum atomic E-state index is 11.2. The van der Waals surface area contributed by atoms with Gasteiger partial charge in [-0.3, -0.25) is 4.79 Å². The summed E-state index contributed by atoms with van der Waals surface area (Å²) in [5.74, 6) is 1.34. The molecule has 0 radical (unpaired) electrons. The lowest BCUT2D eigenvalue weighted by atomic mass is 9.90. The summed E-state index contributed by atoms with van der Waals surface area (Å²) in [6, 6.07) is 5.70. The highest BCUT2D eigenvalue weighted by atomic mass is 35.5. The number of unbranched alkanes of at least 4 members (excludes halogenated alkanes) is 3.